The van der Waals surface area contributed by atoms with Gasteiger partial charge in [-0.1, -0.05) is 20.3 Å². The van der Waals surface area contributed by atoms with Gasteiger partial charge in [0.15, 0.2) is 0 Å². The van der Waals surface area contributed by atoms with Crippen molar-refractivity contribution in [3.05, 3.63) is 0 Å². The molecule has 0 radical (unpaired) electrons. The highest BCUT2D eigenvalue weighted by molar-refractivity contribution is 4.86. The van der Waals surface area contributed by atoms with Gasteiger partial charge < -0.3 is 10.1 Å². The molecule has 0 aromatic rings. The van der Waals surface area contributed by atoms with Crippen molar-refractivity contribution < 1.29 is 4.74 Å². The molecule has 1 aliphatic carbocycles. The standard InChI is InChI=1S/C15H29NO/c1-3-9-15(2,12-16-13-6-7-13)10-8-14-5-4-11-17-14/h13-14,16H,3-12H2,1-2H3. The zero-order valence-corrected chi connectivity index (χ0v) is 11.6. The van der Waals surface area contributed by atoms with Crippen molar-refractivity contribution in [2.75, 3.05) is 13.2 Å². The van der Waals surface area contributed by atoms with E-state index in [2.05, 4.69) is 19.2 Å². The van der Waals surface area contributed by atoms with E-state index >= 15 is 0 Å². The molecule has 0 spiro atoms. The van der Waals surface area contributed by atoms with Crippen molar-refractivity contribution in [2.24, 2.45) is 5.41 Å². The maximum absolute atomic E-state index is 5.74. The first-order valence-electron chi connectivity index (χ1n) is 7.57. The average Bonchev–Trinajstić information content (AvgIpc) is 3.00. The summed E-state index contributed by atoms with van der Waals surface area (Å²) in [5.74, 6) is 0. The monoisotopic (exact) mass is 239 g/mol. The molecule has 1 saturated heterocycles. The van der Waals surface area contributed by atoms with Crippen molar-refractivity contribution in [2.45, 2.75) is 77.4 Å². The average molecular weight is 239 g/mol. The number of nitrogens with one attached hydrogen (secondary N) is 1. The highest BCUT2D eigenvalue weighted by atomic mass is 16.5. The first kappa shape index (κ1) is 13.4. The summed E-state index contributed by atoms with van der Waals surface area (Å²) in [6.07, 6.45) is 11.2. The highest BCUT2D eigenvalue weighted by Crippen LogP contribution is 2.32. The molecular formula is C15H29NO. The Labute approximate surface area is 107 Å². The molecule has 2 heteroatoms. The number of hydrogen-bond donors (Lipinski definition) is 1. The van der Waals surface area contributed by atoms with E-state index < -0.39 is 0 Å². The first-order chi connectivity index (χ1) is 8.22. The molecule has 1 aliphatic heterocycles. The normalized spacial score (nSPS) is 28.2. The second-order valence-electron chi connectivity index (χ2n) is 6.39. The van der Waals surface area contributed by atoms with Crippen LogP contribution in [0.15, 0.2) is 0 Å². The van der Waals surface area contributed by atoms with Gasteiger partial charge in [0.1, 0.15) is 0 Å². The van der Waals surface area contributed by atoms with Gasteiger partial charge in [-0.15, -0.1) is 0 Å². The number of ether oxygens (including phenoxy) is 1. The molecule has 1 heterocycles. The SMILES string of the molecule is CCCC(C)(CCC1CCCO1)CNC1CC1. The van der Waals surface area contributed by atoms with E-state index in [1.807, 2.05) is 0 Å². The predicted molar refractivity (Wildman–Crippen MR) is 72.2 cm³/mol. The molecule has 2 fully saturated rings. The lowest BCUT2D eigenvalue weighted by atomic mass is 9.80. The summed E-state index contributed by atoms with van der Waals surface area (Å²) >= 11 is 0. The summed E-state index contributed by atoms with van der Waals surface area (Å²) in [5, 5.41) is 3.72. The minimum Gasteiger partial charge on any atom is -0.378 e. The third-order valence-electron chi connectivity index (χ3n) is 4.34. The zero-order chi connectivity index (χ0) is 12.1. The van der Waals surface area contributed by atoms with Crippen LogP contribution in [0, 0.1) is 5.41 Å². The molecule has 0 aromatic carbocycles. The Kier molecular flexibility index (Phi) is 4.87. The van der Waals surface area contributed by atoms with Crippen LogP contribution in [-0.2, 0) is 4.74 Å². The minimum absolute atomic E-state index is 0.489. The second-order valence-corrected chi connectivity index (χ2v) is 6.39. The predicted octanol–water partition coefficient (Wildman–Crippen LogP) is 3.50. The van der Waals surface area contributed by atoms with Gasteiger partial charge in [-0.25, -0.2) is 0 Å². The van der Waals surface area contributed by atoms with E-state index in [0.29, 0.717) is 11.5 Å². The molecule has 0 aromatic heterocycles. The molecular weight excluding hydrogens is 210 g/mol. The lowest BCUT2D eigenvalue weighted by Crippen LogP contribution is -2.34. The Morgan fingerprint density at radius 1 is 1.24 bits per heavy atom. The van der Waals surface area contributed by atoms with Gasteiger partial charge in [0.2, 0.25) is 0 Å². The Morgan fingerprint density at radius 3 is 2.65 bits per heavy atom. The highest BCUT2D eigenvalue weighted by Gasteiger charge is 2.29. The molecule has 2 rings (SSSR count). The van der Waals surface area contributed by atoms with E-state index in [1.165, 1.54) is 57.9 Å². The van der Waals surface area contributed by atoms with Crippen LogP contribution in [0.1, 0.15) is 65.2 Å². The van der Waals surface area contributed by atoms with Crippen LogP contribution in [0.5, 0.6) is 0 Å². The Hall–Kier alpha value is -0.0800. The Balaban J connectivity index is 1.72. The van der Waals surface area contributed by atoms with Crippen LogP contribution in [0.4, 0.5) is 0 Å². The van der Waals surface area contributed by atoms with Crippen molar-refractivity contribution >= 4 is 0 Å². The lowest BCUT2D eigenvalue weighted by Gasteiger charge is -2.31. The van der Waals surface area contributed by atoms with Crippen molar-refractivity contribution in [3.8, 4) is 0 Å². The fourth-order valence-electron chi connectivity index (χ4n) is 2.96. The molecule has 1 N–H and O–H groups in total. The van der Waals surface area contributed by atoms with Crippen molar-refractivity contribution in [1.82, 2.24) is 5.32 Å². The van der Waals surface area contributed by atoms with Crippen LogP contribution in [0.2, 0.25) is 0 Å². The summed E-state index contributed by atoms with van der Waals surface area (Å²) in [4.78, 5) is 0. The Bertz CT molecular complexity index is 221. The topological polar surface area (TPSA) is 21.3 Å². The maximum atomic E-state index is 5.74. The lowest BCUT2D eigenvalue weighted by molar-refractivity contribution is 0.0875. The third kappa shape index (κ3) is 4.59. The molecule has 2 atom stereocenters. The summed E-state index contributed by atoms with van der Waals surface area (Å²) in [5.41, 5.74) is 0.489. The molecule has 2 aliphatic rings. The third-order valence-corrected chi connectivity index (χ3v) is 4.34. The maximum Gasteiger partial charge on any atom is 0.0576 e. The van der Waals surface area contributed by atoms with Crippen LogP contribution < -0.4 is 5.32 Å². The van der Waals surface area contributed by atoms with Crippen LogP contribution in [0.25, 0.3) is 0 Å². The van der Waals surface area contributed by atoms with E-state index in [-0.39, 0.29) is 0 Å². The van der Waals surface area contributed by atoms with Crippen molar-refractivity contribution in [1.29, 1.82) is 0 Å². The van der Waals surface area contributed by atoms with Crippen LogP contribution in [0.3, 0.4) is 0 Å². The van der Waals surface area contributed by atoms with E-state index in [1.54, 1.807) is 0 Å². The summed E-state index contributed by atoms with van der Waals surface area (Å²) in [6, 6.07) is 0.842. The van der Waals surface area contributed by atoms with Gasteiger partial charge >= 0.3 is 0 Å². The van der Waals surface area contributed by atoms with Gasteiger partial charge in [-0.05, 0) is 50.4 Å². The van der Waals surface area contributed by atoms with Crippen molar-refractivity contribution in [3.63, 3.8) is 0 Å². The smallest absolute Gasteiger partial charge is 0.0576 e. The second kappa shape index (κ2) is 6.19. The quantitative estimate of drug-likeness (QED) is 0.700. The van der Waals surface area contributed by atoms with Crippen LogP contribution in [-0.4, -0.2) is 25.3 Å². The zero-order valence-electron chi connectivity index (χ0n) is 11.6. The van der Waals surface area contributed by atoms with Crippen LogP contribution >= 0.6 is 0 Å². The molecule has 17 heavy (non-hydrogen) atoms. The number of rotatable bonds is 8. The summed E-state index contributed by atoms with van der Waals surface area (Å²) in [6.45, 7) is 6.97. The van der Waals surface area contributed by atoms with Gasteiger partial charge in [0.05, 0.1) is 6.10 Å². The molecule has 2 unspecified atom stereocenters. The fourth-order valence-corrected chi connectivity index (χ4v) is 2.96. The van der Waals surface area contributed by atoms with E-state index in [4.69, 9.17) is 4.74 Å². The molecule has 1 saturated carbocycles. The molecule has 100 valence electrons. The van der Waals surface area contributed by atoms with Gasteiger partial charge in [-0.3, -0.25) is 0 Å². The number of hydrogen-bond acceptors (Lipinski definition) is 2. The fraction of sp³-hybridized carbons (Fsp3) is 1.00. The molecule has 0 amide bonds. The molecule has 0 bridgehead atoms. The first-order valence-corrected chi connectivity index (χ1v) is 7.57. The Morgan fingerprint density at radius 2 is 2.06 bits per heavy atom. The van der Waals surface area contributed by atoms with E-state index in [0.717, 1.165) is 12.6 Å². The minimum atomic E-state index is 0.489. The summed E-state index contributed by atoms with van der Waals surface area (Å²) < 4.78 is 5.74. The summed E-state index contributed by atoms with van der Waals surface area (Å²) in [7, 11) is 0. The van der Waals surface area contributed by atoms with Gasteiger partial charge in [0.25, 0.3) is 0 Å². The molecule has 2 nitrogen and oxygen atoms in total. The van der Waals surface area contributed by atoms with Gasteiger partial charge in [-0.2, -0.15) is 0 Å². The van der Waals surface area contributed by atoms with E-state index in [9.17, 15) is 0 Å². The largest absolute Gasteiger partial charge is 0.378 e. The van der Waals surface area contributed by atoms with Gasteiger partial charge in [0, 0.05) is 19.2 Å².